The quantitative estimate of drug-likeness (QED) is 0.684. The van der Waals surface area contributed by atoms with Crippen LogP contribution in [0.1, 0.15) is 23.6 Å². The zero-order chi connectivity index (χ0) is 19.9. The lowest BCUT2D eigenvalue weighted by atomic mass is 10.1. The van der Waals surface area contributed by atoms with Crippen molar-refractivity contribution in [2.24, 2.45) is 5.73 Å². The third-order valence-electron chi connectivity index (χ3n) is 4.82. The minimum absolute atomic E-state index is 0. The molecule has 0 saturated carbocycles. The number of halogens is 2. The molecule has 2 aromatic rings. The van der Waals surface area contributed by atoms with Gasteiger partial charge in [-0.15, -0.1) is 24.8 Å². The van der Waals surface area contributed by atoms with Crippen molar-refractivity contribution < 1.29 is 9.59 Å². The molecule has 0 aliphatic carbocycles. The van der Waals surface area contributed by atoms with Crippen molar-refractivity contribution in [2.75, 3.05) is 37.6 Å². The van der Waals surface area contributed by atoms with Crippen LogP contribution in [0.5, 0.6) is 0 Å². The molecule has 3 rings (SSSR count). The molecule has 0 spiro atoms. The molecule has 1 fully saturated rings. The molecular weight excluding hydrogens is 427 g/mol. The average Bonchev–Trinajstić information content (AvgIpc) is 2.74. The summed E-state index contributed by atoms with van der Waals surface area (Å²) < 4.78 is 0. The van der Waals surface area contributed by atoms with Crippen LogP contribution in [0.15, 0.2) is 42.7 Å². The van der Waals surface area contributed by atoms with Crippen molar-refractivity contribution in [1.82, 2.24) is 20.2 Å². The summed E-state index contributed by atoms with van der Waals surface area (Å²) in [4.78, 5) is 36.9. The molecule has 2 amide bonds. The molecule has 10 heteroatoms. The second-order valence-corrected chi connectivity index (χ2v) is 6.85. The first-order valence-electron chi connectivity index (χ1n) is 9.44. The van der Waals surface area contributed by atoms with E-state index in [1.165, 1.54) is 0 Å². The second-order valence-electron chi connectivity index (χ2n) is 6.85. The fourth-order valence-corrected chi connectivity index (χ4v) is 3.10. The van der Waals surface area contributed by atoms with Gasteiger partial charge in [-0.05, 0) is 18.6 Å². The largest absolute Gasteiger partial charge is 0.354 e. The first-order valence-corrected chi connectivity index (χ1v) is 9.44. The van der Waals surface area contributed by atoms with E-state index in [2.05, 4.69) is 20.2 Å². The fourth-order valence-electron chi connectivity index (χ4n) is 3.10. The third kappa shape index (κ3) is 6.83. The normalized spacial score (nSPS) is 14.2. The van der Waals surface area contributed by atoms with Crippen LogP contribution in [0.4, 0.5) is 5.95 Å². The summed E-state index contributed by atoms with van der Waals surface area (Å²) in [6.07, 6.45) is 3.68. The summed E-state index contributed by atoms with van der Waals surface area (Å²) in [6.45, 7) is 4.88. The molecule has 3 N–H and O–H groups in total. The third-order valence-corrected chi connectivity index (χ3v) is 4.82. The molecule has 1 unspecified atom stereocenters. The Morgan fingerprint density at radius 1 is 1.07 bits per heavy atom. The van der Waals surface area contributed by atoms with E-state index >= 15 is 0 Å². The number of benzene rings is 1. The van der Waals surface area contributed by atoms with Gasteiger partial charge in [0.1, 0.15) is 6.04 Å². The molecule has 1 aliphatic rings. The summed E-state index contributed by atoms with van der Waals surface area (Å²) in [5.41, 5.74) is 7.86. The van der Waals surface area contributed by atoms with Crippen molar-refractivity contribution in [3.8, 4) is 0 Å². The zero-order valence-corrected chi connectivity index (χ0v) is 18.5. The van der Waals surface area contributed by atoms with E-state index in [4.69, 9.17) is 5.73 Å². The topological polar surface area (TPSA) is 104 Å². The van der Waals surface area contributed by atoms with E-state index in [1.807, 2.05) is 36.1 Å². The fraction of sp³-hybridized carbons (Fsp3) is 0.400. The van der Waals surface area contributed by atoms with Gasteiger partial charge in [0, 0.05) is 51.5 Å². The van der Waals surface area contributed by atoms with Crippen molar-refractivity contribution >= 4 is 42.6 Å². The monoisotopic (exact) mass is 454 g/mol. The standard InChI is InChI=1S/C20H26N6O2.2ClH/c1-15-3-5-16(6-4-15)18(21)19(28)22-10-7-17(27)25-11-13-26(14-12-25)20-23-8-2-9-24-20;;/h2-6,8-9,18H,7,10-14,21H2,1H3,(H,22,28);2*1H. The molecule has 164 valence electrons. The van der Waals surface area contributed by atoms with Crippen LogP contribution in [0, 0.1) is 6.92 Å². The molecule has 2 heterocycles. The van der Waals surface area contributed by atoms with Gasteiger partial charge in [0.15, 0.2) is 0 Å². The Morgan fingerprint density at radius 3 is 2.27 bits per heavy atom. The molecule has 0 bridgehead atoms. The van der Waals surface area contributed by atoms with Crippen LogP contribution in [0.2, 0.25) is 0 Å². The smallest absolute Gasteiger partial charge is 0.241 e. The Hall–Kier alpha value is -2.42. The van der Waals surface area contributed by atoms with Gasteiger partial charge >= 0.3 is 0 Å². The molecule has 0 radical (unpaired) electrons. The van der Waals surface area contributed by atoms with Gasteiger partial charge in [0.05, 0.1) is 0 Å². The van der Waals surface area contributed by atoms with E-state index in [-0.39, 0.29) is 49.6 Å². The number of amides is 2. The minimum atomic E-state index is -0.731. The summed E-state index contributed by atoms with van der Waals surface area (Å²) in [6, 6.07) is 8.59. The predicted molar refractivity (Wildman–Crippen MR) is 121 cm³/mol. The number of piperazine rings is 1. The van der Waals surface area contributed by atoms with Crippen LogP contribution in [-0.2, 0) is 9.59 Å². The van der Waals surface area contributed by atoms with E-state index in [9.17, 15) is 9.59 Å². The number of carbonyl (C=O) groups is 2. The van der Waals surface area contributed by atoms with Crippen LogP contribution in [-0.4, -0.2) is 59.4 Å². The lowest BCUT2D eigenvalue weighted by Gasteiger charge is -2.34. The highest BCUT2D eigenvalue weighted by Gasteiger charge is 2.22. The molecule has 30 heavy (non-hydrogen) atoms. The average molecular weight is 455 g/mol. The number of hydrogen-bond donors (Lipinski definition) is 2. The predicted octanol–water partition coefficient (Wildman–Crippen LogP) is 1.48. The Morgan fingerprint density at radius 2 is 1.67 bits per heavy atom. The summed E-state index contributed by atoms with van der Waals surface area (Å²) in [5.74, 6) is 0.437. The van der Waals surface area contributed by atoms with Gasteiger partial charge in [-0.3, -0.25) is 9.59 Å². The number of anilines is 1. The van der Waals surface area contributed by atoms with Gasteiger partial charge in [-0.2, -0.15) is 0 Å². The maximum absolute atomic E-state index is 12.4. The Balaban J connectivity index is 0.00000225. The van der Waals surface area contributed by atoms with Gasteiger partial charge in [0.2, 0.25) is 17.8 Å². The van der Waals surface area contributed by atoms with E-state index in [0.29, 0.717) is 32.1 Å². The highest BCUT2D eigenvalue weighted by molar-refractivity contribution is 5.85. The molecule has 1 aromatic carbocycles. The van der Waals surface area contributed by atoms with Crippen LogP contribution in [0.3, 0.4) is 0 Å². The number of nitrogens with one attached hydrogen (secondary N) is 1. The number of carbonyl (C=O) groups excluding carboxylic acids is 2. The first kappa shape index (κ1) is 25.6. The van der Waals surface area contributed by atoms with Crippen molar-refractivity contribution in [1.29, 1.82) is 0 Å². The van der Waals surface area contributed by atoms with E-state index in [1.54, 1.807) is 18.5 Å². The number of aromatic nitrogens is 2. The first-order chi connectivity index (χ1) is 13.5. The lowest BCUT2D eigenvalue weighted by molar-refractivity contribution is -0.131. The molecule has 1 atom stereocenters. The highest BCUT2D eigenvalue weighted by atomic mass is 35.5. The minimum Gasteiger partial charge on any atom is -0.354 e. The Labute approximate surface area is 189 Å². The molecule has 1 saturated heterocycles. The number of hydrogen-bond acceptors (Lipinski definition) is 6. The van der Waals surface area contributed by atoms with Crippen LogP contribution >= 0.6 is 24.8 Å². The number of nitrogens with two attached hydrogens (primary N) is 1. The van der Waals surface area contributed by atoms with Gasteiger partial charge < -0.3 is 20.9 Å². The van der Waals surface area contributed by atoms with E-state index < -0.39 is 6.04 Å². The Kier molecular flexibility index (Phi) is 10.5. The van der Waals surface area contributed by atoms with Gasteiger partial charge in [0.25, 0.3) is 0 Å². The maximum atomic E-state index is 12.4. The van der Waals surface area contributed by atoms with Crippen LogP contribution < -0.4 is 16.0 Å². The number of aryl methyl sites for hydroxylation is 1. The molecule has 1 aliphatic heterocycles. The van der Waals surface area contributed by atoms with Crippen LogP contribution in [0.25, 0.3) is 0 Å². The lowest BCUT2D eigenvalue weighted by Crippen LogP contribution is -2.49. The SMILES string of the molecule is Cc1ccc(C(N)C(=O)NCCC(=O)N2CCN(c3ncccn3)CC2)cc1.Cl.Cl. The molecule has 1 aromatic heterocycles. The molecule has 8 nitrogen and oxygen atoms in total. The summed E-state index contributed by atoms with van der Waals surface area (Å²) in [7, 11) is 0. The maximum Gasteiger partial charge on any atom is 0.241 e. The van der Waals surface area contributed by atoms with Gasteiger partial charge in [-0.25, -0.2) is 9.97 Å². The van der Waals surface area contributed by atoms with Gasteiger partial charge in [-0.1, -0.05) is 29.8 Å². The number of nitrogens with zero attached hydrogens (tertiary/aromatic N) is 4. The number of rotatable bonds is 6. The summed E-state index contributed by atoms with van der Waals surface area (Å²) >= 11 is 0. The Bertz CT molecular complexity index is 799. The van der Waals surface area contributed by atoms with Crippen molar-refractivity contribution in [3.05, 3.63) is 53.9 Å². The van der Waals surface area contributed by atoms with Crippen molar-refractivity contribution in [3.63, 3.8) is 0 Å². The van der Waals surface area contributed by atoms with Crippen molar-refractivity contribution in [2.45, 2.75) is 19.4 Å². The molecular formula is C20H28Cl2N6O2. The zero-order valence-electron chi connectivity index (χ0n) is 16.9. The van der Waals surface area contributed by atoms with E-state index in [0.717, 1.165) is 11.1 Å². The second kappa shape index (κ2) is 12.3. The highest BCUT2D eigenvalue weighted by Crippen LogP contribution is 2.12. The summed E-state index contributed by atoms with van der Waals surface area (Å²) in [5, 5.41) is 2.76.